The van der Waals surface area contributed by atoms with Crippen LogP contribution < -0.4 is 4.90 Å². The number of nitrogens with zero attached hydrogens (tertiary/aromatic N) is 2. The summed E-state index contributed by atoms with van der Waals surface area (Å²) >= 11 is 1.20. The first-order valence-corrected chi connectivity index (χ1v) is 5.35. The van der Waals surface area contributed by atoms with Gasteiger partial charge in [-0.3, -0.25) is 0 Å². The third-order valence-corrected chi connectivity index (χ3v) is 2.91. The van der Waals surface area contributed by atoms with Gasteiger partial charge < -0.3 is 10.0 Å². The Hall–Kier alpha value is -1.54. The van der Waals surface area contributed by atoms with Gasteiger partial charge in [-0.1, -0.05) is 0 Å². The number of rotatable bonds is 4. The number of anilines is 1. The number of hydrogen-bond acceptors (Lipinski definition) is 4. The lowest BCUT2D eigenvalue weighted by Crippen LogP contribution is -2.22. The van der Waals surface area contributed by atoms with Crippen LogP contribution in [0, 0.1) is 17.2 Å². The smallest absolute Gasteiger partial charge is 0.345 e. The van der Waals surface area contributed by atoms with Gasteiger partial charge in [-0.05, 0) is 13.0 Å². The highest BCUT2D eigenvalue weighted by Gasteiger charge is 2.11. The van der Waals surface area contributed by atoms with Gasteiger partial charge in [0, 0.05) is 24.7 Å². The van der Waals surface area contributed by atoms with Crippen molar-refractivity contribution in [2.24, 2.45) is 5.92 Å². The summed E-state index contributed by atoms with van der Waals surface area (Å²) in [5.74, 6) is -0.976. The minimum Gasteiger partial charge on any atom is -0.477 e. The minimum absolute atomic E-state index is 0.0665. The fourth-order valence-electron chi connectivity index (χ4n) is 1.20. The second-order valence-electron chi connectivity index (χ2n) is 3.38. The number of nitriles is 1. The first kappa shape index (κ1) is 11.5. The Kier molecular flexibility index (Phi) is 3.69. The fraction of sp³-hybridized carbons (Fsp3) is 0.400. The van der Waals surface area contributed by atoms with E-state index < -0.39 is 5.97 Å². The van der Waals surface area contributed by atoms with Gasteiger partial charge in [-0.15, -0.1) is 11.3 Å². The first-order valence-electron chi connectivity index (χ1n) is 4.47. The minimum atomic E-state index is -0.909. The molecule has 0 aliphatic heterocycles. The maximum atomic E-state index is 10.7. The Bertz CT molecular complexity index is 394. The maximum absolute atomic E-state index is 10.7. The van der Waals surface area contributed by atoms with Crippen molar-refractivity contribution in [3.8, 4) is 6.07 Å². The molecule has 0 bridgehead atoms. The van der Waals surface area contributed by atoms with Gasteiger partial charge in [-0.25, -0.2) is 4.79 Å². The molecule has 0 saturated carbocycles. The van der Waals surface area contributed by atoms with Gasteiger partial charge in [-0.2, -0.15) is 5.26 Å². The zero-order chi connectivity index (χ0) is 11.4. The lowest BCUT2D eigenvalue weighted by molar-refractivity contribution is 0.0702. The summed E-state index contributed by atoms with van der Waals surface area (Å²) in [5, 5.41) is 19.2. The molecule has 0 fully saturated rings. The van der Waals surface area contributed by atoms with Crippen LogP contribution in [0.25, 0.3) is 0 Å². The lowest BCUT2D eigenvalue weighted by Gasteiger charge is -2.18. The summed E-state index contributed by atoms with van der Waals surface area (Å²) in [6.45, 7) is 2.44. The molecule has 0 amide bonds. The lowest BCUT2D eigenvalue weighted by atomic mass is 10.2. The Morgan fingerprint density at radius 2 is 2.47 bits per heavy atom. The van der Waals surface area contributed by atoms with Crippen molar-refractivity contribution in [3.05, 3.63) is 16.3 Å². The number of aromatic carboxylic acids is 1. The van der Waals surface area contributed by atoms with Crippen molar-refractivity contribution in [1.82, 2.24) is 0 Å². The van der Waals surface area contributed by atoms with Crippen molar-refractivity contribution < 1.29 is 9.90 Å². The van der Waals surface area contributed by atoms with E-state index in [0.29, 0.717) is 11.4 Å². The van der Waals surface area contributed by atoms with Gasteiger partial charge in [0.2, 0.25) is 0 Å². The van der Waals surface area contributed by atoms with E-state index in [1.54, 1.807) is 11.4 Å². The molecule has 0 aromatic carbocycles. The Morgan fingerprint density at radius 3 is 2.93 bits per heavy atom. The molecule has 15 heavy (non-hydrogen) atoms. The average Bonchev–Trinajstić information content (AvgIpc) is 2.66. The number of carbonyl (C=O) groups is 1. The van der Waals surface area contributed by atoms with Crippen LogP contribution in [-0.2, 0) is 0 Å². The predicted molar refractivity (Wildman–Crippen MR) is 59.3 cm³/mol. The van der Waals surface area contributed by atoms with Crippen LogP contribution in [0.15, 0.2) is 11.4 Å². The van der Waals surface area contributed by atoms with E-state index in [-0.39, 0.29) is 5.92 Å². The molecule has 5 heteroatoms. The van der Waals surface area contributed by atoms with Gasteiger partial charge >= 0.3 is 5.97 Å². The molecule has 80 valence electrons. The number of hydrogen-bond donors (Lipinski definition) is 1. The van der Waals surface area contributed by atoms with Gasteiger partial charge in [0.15, 0.2) is 0 Å². The molecule has 0 aliphatic rings. The SMILES string of the molecule is CC(C#N)CN(C)c1csc(C(=O)O)c1. The third kappa shape index (κ3) is 2.96. The monoisotopic (exact) mass is 224 g/mol. The molecule has 0 saturated heterocycles. The molecule has 1 aromatic rings. The maximum Gasteiger partial charge on any atom is 0.345 e. The van der Waals surface area contributed by atoms with E-state index in [1.165, 1.54) is 11.3 Å². The van der Waals surface area contributed by atoms with E-state index >= 15 is 0 Å². The normalized spacial score (nSPS) is 11.8. The first-order chi connectivity index (χ1) is 7.04. The van der Waals surface area contributed by atoms with Crippen LogP contribution in [0.1, 0.15) is 16.6 Å². The molecule has 1 unspecified atom stereocenters. The topological polar surface area (TPSA) is 64.3 Å². The molecule has 0 spiro atoms. The van der Waals surface area contributed by atoms with Crippen molar-refractivity contribution in [2.45, 2.75) is 6.92 Å². The number of thiophene rings is 1. The van der Waals surface area contributed by atoms with Crippen LogP contribution in [0.2, 0.25) is 0 Å². The van der Waals surface area contributed by atoms with Gasteiger partial charge in [0.25, 0.3) is 0 Å². The summed E-state index contributed by atoms with van der Waals surface area (Å²) in [6.07, 6.45) is 0. The molecule has 0 aliphatic carbocycles. The molecule has 1 heterocycles. The van der Waals surface area contributed by atoms with Crippen molar-refractivity contribution in [3.63, 3.8) is 0 Å². The van der Waals surface area contributed by atoms with Crippen LogP contribution in [0.5, 0.6) is 0 Å². The van der Waals surface area contributed by atoms with E-state index in [9.17, 15) is 4.79 Å². The average molecular weight is 224 g/mol. The molecule has 1 atom stereocenters. The van der Waals surface area contributed by atoms with Gasteiger partial charge in [0.05, 0.1) is 12.0 Å². The van der Waals surface area contributed by atoms with E-state index in [4.69, 9.17) is 10.4 Å². The largest absolute Gasteiger partial charge is 0.477 e. The third-order valence-electron chi connectivity index (χ3n) is 2.01. The van der Waals surface area contributed by atoms with Crippen LogP contribution in [0.4, 0.5) is 5.69 Å². The molecule has 1 N–H and O–H groups in total. The van der Waals surface area contributed by atoms with E-state index in [2.05, 4.69) is 6.07 Å². The van der Waals surface area contributed by atoms with Crippen molar-refractivity contribution in [1.29, 1.82) is 5.26 Å². The summed E-state index contributed by atoms with van der Waals surface area (Å²) in [4.78, 5) is 12.9. The highest BCUT2D eigenvalue weighted by Crippen LogP contribution is 2.22. The van der Waals surface area contributed by atoms with E-state index in [0.717, 1.165) is 5.69 Å². The fourth-order valence-corrected chi connectivity index (χ4v) is 1.98. The molecule has 0 radical (unpaired) electrons. The highest BCUT2D eigenvalue weighted by molar-refractivity contribution is 7.12. The Labute approximate surface area is 92.4 Å². The number of carboxylic acids is 1. The molecule has 1 aromatic heterocycles. The van der Waals surface area contributed by atoms with E-state index in [1.807, 2.05) is 18.9 Å². The summed E-state index contributed by atoms with van der Waals surface area (Å²) in [5.41, 5.74) is 0.847. The van der Waals surface area contributed by atoms with Gasteiger partial charge in [0.1, 0.15) is 4.88 Å². The molecule has 1 rings (SSSR count). The summed E-state index contributed by atoms with van der Waals surface area (Å²) in [7, 11) is 1.85. The standard InChI is InChI=1S/C10H12N2O2S/c1-7(4-11)5-12(2)8-3-9(10(13)14)15-6-8/h3,6-7H,5H2,1-2H3,(H,13,14). The zero-order valence-corrected chi connectivity index (χ0v) is 9.41. The van der Waals surface area contributed by atoms with Crippen molar-refractivity contribution in [2.75, 3.05) is 18.5 Å². The second-order valence-corrected chi connectivity index (χ2v) is 4.30. The summed E-state index contributed by atoms with van der Waals surface area (Å²) in [6, 6.07) is 3.76. The van der Waals surface area contributed by atoms with Crippen molar-refractivity contribution >= 4 is 23.0 Å². The molecular formula is C10H12N2O2S. The molecule has 4 nitrogen and oxygen atoms in total. The Morgan fingerprint density at radius 1 is 1.80 bits per heavy atom. The molecular weight excluding hydrogens is 212 g/mol. The highest BCUT2D eigenvalue weighted by atomic mass is 32.1. The van der Waals surface area contributed by atoms with Crippen LogP contribution in [0.3, 0.4) is 0 Å². The second kappa shape index (κ2) is 4.80. The number of carboxylic acid groups (broad SMARTS) is 1. The predicted octanol–water partition coefficient (Wildman–Crippen LogP) is 2.04. The zero-order valence-electron chi connectivity index (χ0n) is 8.60. The van der Waals surface area contributed by atoms with Crippen LogP contribution in [-0.4, -0.2) is 24.7 Å². The van der Waals surface area contributed by atoms with Crippen LogP contribution >= 0.6 is 11.3 Å². The quantitative estimate of drug-likeness (QED) is 0.850. The Balaban J connectivity index is 2.71. The summed E-state index contributed by atoms with van der Waals surface area (Å²) < 4.78 is 0.